The first-order chi connectivity index (χ1) is 16.1. The number of carbonyl (C=O) groups excluding carboxylic acids is 1. The van der Waals surface area contributed by atoms with Gasteiger partial charge < -0.3 is 25.0 Å². The van der Waals surface area contributed by atoms with Gasteiger partial charge in [-0.1, -0.05) is 12.1 Å². The van der Waals surface area contributed by atoms with E-state index in [2.05, 4.69) is 37.6 Å². The molecule has 3 aromatic rings. The van der Waals surface area contributed by atoms with E-state index in [9.17, 15) is 4.79 Å². The van der Waals surface area contributed by atoms with Crippen molar-refractivity contribution in [1.82, 2.24) is 9.88 Å². The number of rotatable bonds is 7. The number of carbonyl (C=O) groups is 1. The van der Waals surface area contributed by atoms with Crippen molar-refractivity contribution < 1.29 is 14.3 Å². The number of hydrogen-bond acceptors (Lipinski definition) is 6. The highest BCUT2D eigenvalue weighted by Gasteiger charge is 2.18. The van der Waals surface area contributed by atoms with Crippen LogP contribution in [0.15, 0.2) is 66.9 Å². The number of hydrogen-bond donors (Lipinski definition) is 2. The van der Waals surface area contributed by atoms with Crippen LogP contribution < -0.4 is 25.0 Å². The van der Waals surface area contributed by atoms with Crippen LogP contribution >= 0.6 is 0 Å². The Kier molecular flexibility index (Phi) is 7.26. The number of nitrogens with zero attached hydrogens (tertiary/aromatic N) is 3. The minimum Gasteiger partial charge on any atom is -0.497 e. The molecule has 2 aromatic carbocycles. The minimum atomic E-state index is -0.318. The average molecular weight is 448 g/mol. The molecule has 1 fully saturated rings. The smallest absolute Gasteiger partial charge is 0.323 e. The van der Waals surface area contributed by atoms with Crippen LogP contribution in [-0.4, -0.2) is 56.3 Å². The largest absolute Gasteiger partial charge is 0.497 e. The van der Waals surface area contributed by atoms with Gasteiger partial charge in [0.05, 0.1) is 26.1 Å². The summed E-state index contributed by atoms with van der Waals surface area (Å²) in [6.45, 7) is 4.69. The molecule has 0 spiro atoms. The molecular formula is C25H29N5O3. The molecule has 2 heterocycles. The summed E-state index contributed by atoms with van der Waals surface area (Å²) < 4.78 is 10.4. The van der Waals surface area contributed by atoms with Crippen LogP contribution in [0.3, 0.4) is 0 Å². The van der Waals surface area contributed by atoms with Crippen LogP contribution in [0.1, 0.15) is 5.56 Å². The monoisotopic (exact) mass is 447 g/mol. The van der Waals surface area contributed by atoms with Crippen molar-refractivity contribution in [2.75, 3.05) is 55.9 Å². The number of aromatic nitrogens is 1. The van der Waals surface area contributed by atoms with E-state index in [0.29, 0.717) is 11.4 Å². The third-order valence-electron chi connectivity index (χ3n) is 5.62. The highest BCUT2D eigenvalue weighted by Crippen LogP contribution is 2.19. The van der Waals surface area contributed by atoms with Gasteiger partial charge in [0.25, 0.3) is 0 Å². The molecule has 33 heavy (non-hydrogen) atoms. The SMILES string of the molecule is COc1ccc(CN2CCN(c3ccc(NC(=O)Nc4ccc(OC)cc4)cn3)CC2)cc1. The third-order valence-corrected chi connectivity index (χ3v) is 5.62. The van der Waals surface area contributed by atoms with Gasteiger partial charge >= 0.3 is 6.03 Å². The predicted molar refractivity (Wildman–Crippen MR) is 130 cm³/mol. The summed E-state index contributed by atoms with van der Waals surface area (Å²) in [4.78, 5) is 21.5. The van der Waals surface area contributed by atoms with Gasteiger partial charge in [-0.05, 0) is 54.1 Å². The molecule has 172 valence electrons. The first-order valence-corrected chi connectivity index (χ1v) is 10.9. The Balaban J connectivity index is 1.24. The Morgan fingerprint density at radius 1 is 0.818 bits per heavy atom. The van der Waals surface area contributed by atoms with E-state index in [-0.39, 0.29) is 6.03 Å². The van der Waals surface area contributed by atoms with Crippen molar-refractivity contribution in [2.24, 2.45) is 0 Å². The topological polar surface area (TPSA) is 79.0 Å². The number of ether oxygens (including phenoxy) is 2. The van der Waals surface area contributed by atoms with Gasteiger partial charge in [0.2, 0.25) is 0 Å². The second-order valence-electron chi connectivity index (χ2n) is 7.82. The number of anilines is 3. The summed E-state index contributed by atoms with van der Waals surface area (Å²) in [5.41, 5.74) is 2.61. The van der Waals surface area contributed by atoms with Crippen LogP contribution in [0.4, 0.5) is 22.0 Å². The van der Waals surface area contributed by atoms with Crippen molar-refractivity contribution in [3.8, 4) is 11.5 Å². The van der Waals surface area contributed by atoms with Gasteiger partial charge in [-0.15, -0.1) is 0 Å². The van der Waals surface area contributed by atoms with Gasteiger partial charge in [0, 0.05) is 38.4 Å². The molecule has 1 aromatic heterocycles. The number of methoxy groups -OCH3 is 2. The highest BCUT2D eigenvalue weighted by atomic mass is 16.5. The lowest BCUT2D eigenvalue weighted by Crippen LogP contribution is -2.46. The zero-order valence-electron chi connectivity index (χ0n) is 19.0. The molecule has 8 heteroatoms. The van der Waals surface area contributed by atoms with Crippen molar-refractivity contribution in [3.05, 3.63) is 72.4 Å². The van der Waals surface area contributed by atoms with Crippen molar-refractivity contribution >= 4 is 23.2 Å². The van der Waals surface area contributed by atoms with E-state index >= 15 is 0 Å². The van der Waals surface area contributed by atoms with E-state index in [1.807, 2.05) is 24.3 Å². The Bertz CT molecular complexity index is 1030. The summed E-state index contributed by atoms with van der Waals surface area (Å²) in [5.74, 6) is 2.54. The quantitative estimate of drug-likeness (QED) is 0.569. The number of nitrogens with one attached hydrogen (secondary N) is 2. The van der Waals surface area contributed by atoms with Crippen molar-refractivity contribution in [1.29, 1.82) is 0 Å². The standard InChI is InChI=1S/C25H29N5O3/c1-32-22-8-3-19(4-9-22)18-29-13-15-30(16-14-29)24-12-7-21(17-26-24)28-25(31)27-20-5-10-23(33-2)11-6-20/h3-12,17H,13-16,18H2,1-2H3,(H2,27,28,31). The fraction of sp³-hybridized carbons (Fsp3) is 0.280. The molecule has 1 aliphatic heterocycles. The molecule has 2 amide bonds. The highest BCUT2D eigenvalue weighted by molar-refractivity contribution is 5.99. The molecule has 0 atom stereocenters. The fourth-order valence-corrected chi connectivity index (χ4v) is 3.74. The summed E-state index contributed by atoms with van der Waals surface area (Å²) in [6.07, 6.45) is 1.69. The number of benzene rings is 2. The maximum atomic E-state index is 12.2. The molecule has 8 nitrogen and oxygen atoms in total. The van der Waals surface area contributed by atoms with E-state index in [0.717, 1.165) is 50.0 Å². The first-order valence-electron chi connectivity index (χ1n) is 10.9. The second kappa shape index (κ2) is 10.7. The van der Waals surface area contributed by atoms with Crippen LogP contribution in [0, 0.1) is 0 Å². The Morgan fingerprint density at radius 3 is 1.97 bits per heavy atom. The van der Waals surface area contributed by atoms with Crippen LogP contribution in [-0.2, 0) is 6.54 Å². The van der Waals surface area contributed by atoms with Gasteiger partial charge in [-0.2, -0.15) is 0 Å². The van der Waals surface area contributed by atoms with E-state index < -0.39 is 0 Å². The van der Waals surface area contributed by atoms with Gasteiger partial charge in [-0.3, -0.25) is 4.90 Å². The molecule has 1 aliphatic rings. The zero-order chi connectivity index (χ0) is 23.0. The molecular weight excluding hydrogens is 418 g/mol. The first kappa shape index (κ1) is 22.4. The number of amides is 2. The zero-order valence-corrected chi connectivity index (χ0v) is 19.0. The van der Waals surface area contributed by atoms with Crippen LogP contribution in [0.25, 0.3) is 0 Å². The molecule has 1 saturated heterocycles. The Hall–Kier alpha value is -3.78. The molecule has 0 bridgehead atoms. The fourth-order valence-electron chi connectivity index (χ4n) is 3.74. The minimum absolute atomic E-state index is 0.318. The molecule has 0 saturated carbocycles. The molecule has 4 rings (SSSR count). The number of piperazine rings is 1. The summed E-state index contributed by atoms with van der Waals surface area (Å²) in [6, 6.07) is 18.9. The Morgan fingerprint density at radius 2 is 1.39 bits per heavy atom. The van der Waals surface area contributed by atoms with Gasteiger partial charge in [0.1, 0.15) is 17.3 Å². The average Bonchev–Trinajstić information content (AvgIpc) is 2.86. The molecule has 0 unspecified atom stereocenters. The van der Waals surface area contributed by atoms with Gasteiger partial charge in [-0.25, -0.2) is 9.78 Å². The lowest BCUT2D eigenvalue weighted by molar-refractivity contribution is 0.249. The van der Waals surface area contributed by atoms with Crippen LogP contribution in [0.5, 0.6) is 11.5 Å². The van der Waals surface area contributed by atoms with E-state index in [4.69, 9.17) is 9.47 Å². The lowest BCUT2D eigenvalue weighted by atomic mass is 10.2. The maximum Gasteiger partial charge on any atom is 0.323 e. The summed E-state index contributed by atoms with van der Waals surface area (Å²) in [7, 11) is 3.29. The lowest BCUT2D eigenvalue weighted by Gasteiger charge is -2.35. The molecule has 0 radical (unpaired) electrons. The van der Waals surface area contributed by atoms with Crippen LogP contribution in [0.2, 0.25) is 0 Å². The summed E-state index contributed by atoms with van der Waals surface area (Å²) in [5, 5.41) is 5.61. The van der Waals surface area contributed by atoms with E-state index in [1.54, 1.807) is 44.7 Å². The second-order valence-corrected chi connectivity index (χ2v) is 7.82. The Labute approximate surface area is 194 Å². The van der Waals surface area contributed by atoms with Crippen molar-refractivity contribution in [2.45, 2.75) is 6.54 Å². The van der Waals surface area contributed by atoms with E-state index in [1.165, 1.54) is 5.56 Å². The van der Waals surface area contributed by atoms with Gasteiger partial charge in [0.15, 0.2) is 0 Å². The predicted octanol–water partition coefficient (Wildman–Crippen LogP) is 4.07. The maximum absolute atomic E-state index is 12.2. The molecule has 2 N–H and O–H groups in total. The number of pyridine rings is 1. The number of urea groups is 1. The summed E-state index contributed by atoms with van der Waals surface area (Å²) >= 11 is 0. The normalized spacial score (nSPS) is 13.9. The third kappa shape index (κ3) is 6.14. The van der Waals surface area contributed by atoms with Crippen molar-refractivity contribution in [3.63, 3.8) is 0 Å². The molecule has 0 aliphatic carbocycles.